The van der Waals surface area contributed by atoms with Gasteiger partial charge in [-0.2, -0.15) is 13.2 Å². The van der Waals surface area contributed by atoms with Gasteiger partial charge in [-0.3, -0.25) is 4.79 Å². The Hall–Kier alpha value is -3.13. The molecule has 1 amide bonds. The molecule has 2 aromatic carbocycles. The van der Waals surface area contributed by atoms with Gasteiger partial charge in [-0.15, -0.1) is 0 Å². The first-order chi connectivity index (χ1) is 15.3. The number of hydrogen-bond donors (Lipinski definition) is 2. The summed E-state index contributed by atoms with van der Waals surface area (Å²) in [6.07, 6.45) is 0.333. The van der Waals surface area contributed by atoms with Gasteiger partial charge in [-0.1, -0.05) is 30.3 Å². The number of benzene rings is 2. The molecule has 2 N–H and O–H groups in total. The van der Waals surface area contributed by atoms with Crippen LogP contribution in [0.15, 0.2) is 60.9 Å². The largest absolute Gasteiger partial charge is 0.416 e. The Balaban J connectivity index is 1.44. The highest BCUT2D eigenvalue weighted by Gasteiger charge is 2.37. The van der Waals surface area contributed by atoms with Gasteiger partial charge >= 0.3 is 6.18 Å². The summed E-state index contributed by atoms with van der Waals surface area (Å²) in [5.41, 5.74) is 0.670. The predicted octanol–water partition coefficient (Wildman–Crippen LogP) is 4.55. The maximum Gasteiger partial charge on any atom is 0.416 e. The number of H-pyrrole nitrogens is 1. The van der Waals surface area contributed by atoms with Crippen molar-refractivity contribution >= 4 is 5.91 Å². The van der Waals surface area contributed by atoms with Crippen molar-refractivity contribution in [1.82, 2.24) is 14.9 Å². The average molecular weight is 443 g/mol. The zero-order valence-corrected chi connectivity index (χ0v) is 17.4. The van der Waals surface area contributed by atoms with Crippen LogP contribution in [-0.4, -0.2) is 45.6 Å². The number of carbonyl (C=O) groups excluding carboxylic acids is 1. The van der Waals surface area contributed by atoms with Crippen molar-refractivity contribution in [3.05, 3.63) is 77.6 Å². The Morgan fingerprint density at radius 3 is 2.53 bits per heavy atom. The second-order valence-electron chi connectivity index (χ2n) is 8.34. The molecule has 0 atom stereocenters. The third-order valence-corrected chi connectivity index (χ3v) is 6.16. The summed E-state index contributed by atoms with van der Waals surface area (Å²) in [7, 11) is 0. The highest BCUT2D eigenvalue weighted by molar-refractivity contribution is 5.95. The number of aliphatic hydroxyl groups excluding tert-OH is 1. The van der Waals surface area contributed by atoms with Crippen LogP contribution < -0.4 is 0 Å². The van der Waals surface area contributed by atoms with E-state index in [0.29, 0.717) is 49.3 Å². The minimum absolute atomic E-state index is 0.107. The van der Waals surface area contributed by atoms with Crippen LogP contribution in [0.4, 0.5) is 13.2 Å². The van der Waals surface area contributed by atoms with E-state index in [1.807, 2.05) is 6.07 Å². The van der Waals surface area contributed by atoms with Crippen molar-refractivity contribution in [3.63, 3.8) is 0 Å². The van der Waals surface area contributed by atoms with Gasteiger partial charge in [0.15, 0.2) is 0 Å². The van der Waals surface area contributed by atoms with Gasteiger partial charge in [0.2, 0.25) is 0 Å². The van der Waals surface area contributed by atoms with Crippen LogP contribution in [0, 0.1) is 5.41 Å². The van der Waals surface area contributed by atoms with E-state index in [1.54, 1.807) is 41.6 Å². The summed E-state index contributed by atoms with van der Waals surface area (Å²) in [4.78, 5) is 22.0. The molecule has 4 rings (SSSR count). The van der Waals surface area contributed by atoms with Crippen molar-refractivity contribution in [3.8, 4) is 11.4 Å². The SMILES string of the molecule is O=C(c1cccc(-c2ncc[nH]2)c1)N1CCC(CO)(Cc2cccc(C(F)(F)F)c2)CC1. The van der Waals surface area contributed by atoms with Crippen LogP contribution in [-0.2, 0) is 12.6 Å². The summed E-state index contributed by atoms with van der Waals surface area (Å²) in [5, 5.41) is 10.1. The third-order valence-electron chi connectivity index (χ3n) is 6.16. The summed E-state index contributed by atoms with van der Waals surface area (Å²) in [6.45, 7) is 0.728. The van der Waals surface area contributed by atoms with Crippen LogP contribution in [0.1, 0.15) is 34.3 Å². The standard InChI is InChI=1S/C24H24F3N3O2/c25-24(26,27)20-6-1-3-17(13-20)15-23(16-31)7-11-30(12-8-23)22(32)19-5-2-4-18(14-19)21-28-9-10-29-21/h1-6,9-10,13-14,31H,7-8,11-12,15-16H2,(H,28,29). The third kappa shape index (κ3) is 4.70. The maximum atomic E-state index is 13.0. The highest BCUT2D eigenvalue weighted by Crippen LogP contribution is 2.37. The maximum absolute atomic E-state index is 13.0. The summed E-state index contributed by atoms with van der Waals surface area (Å²) < 4.78 is 39.1. The van der Waals surface area contributed by atoms with Crippen molar-refractivity contribution < 1.29 is 23.1 Å². The molecule has 0 bridgehead atoms. The lowest BCUT2D eigenvalue weighted by Gasteiger charge is -2.41. The molecule has 0 saturated carbocycles. The lowest BCUT2D eigenvalue weighted by atomic mass is 9.74. The molecule has 1 aromatic heterocycles. The van der Waals surface area contributed by atoms with Gasteiger partial charge in [-0.25, -0.2) is 4.98 Å². The predicted molar refractivity (Wildman–Crippen MR) is 114 cm³/mol. The van der Waals surface area contributed by atoms with Crippen LogP contribution in [0.2, 0.25) is 0 Å². The van der Waals surface area contributed by atoms with Crippen LogP contribution in [0.25, 0.3) is 11.4 Å². The van der Waals surface area contributed by atoms with E-state index in [1.165, 1.54) is 6.07 Å². The molecule has 3 aromatic rings. The number of carbonyl (C=O) groups is 1. The van der Waals surface area contributed by atoms with E-state index in [9.17, 15) is 23.1 Å². The molecule has 5 nitrogen and oxygen atoms in total. The molecule has 0 spiro atoms. The van der Waals surface area contributed by atoms with Crippen molar-refractivity contribution in [1.29, 1.82) is 0 Å². The minimum atomic E-state index is -4.40. The smallest absolute Gasteiger partial charge is 0.396 e. The fourth-order valence-electron chi connectivity index (χ4n) is 4.27. The Bertz CT molecular complexity index is 1070. The first-order valence-electron chi connectivity index (χ1n) is 10.5. The number of amides is 1. The Labute approximate surface area is 183 Å². The zero-order valence-electron chi connectivity index (χ0n) is 17.4. The number of aliphatic hydroxyl groups is 1. The number of alkyl halides is 3. The number of rotatable bonds is 5. The second-order valence-corrected chi connectivity index (χ2v) is 8.34. The molecule has 1 aliphatic heterocycles. The number of piperidine rings is 1. The lowest BCUT2D eigenvalue weighted by molar-refractivity contribution is -0.137. The van der Waals surface area contributed by atoms with Crippen LogP contribution in [0.5, 0.6) is 0 Å². The van der Waals surface area contributed by atoms with E-state index in [-0.39, 0.29) is 12.5 Å². The number of halogens is 3. The van der Waals surface area contributed by atoms with E-state index in [2.05, 4.69) is 9.97 Å². The normalized spacial score (nSPS) is 16.2. The van der Waals surface area contributed by atoms with Gasteiger partial charge in [0.25, 0.3) is 5.91 Å². The fraction of sp³-hybridized carbons (Fsp3) is 0.333. The first-order valence-corrected chi connectivity index (χ1v) is 10.5. The Morgan fingerprint density at radius 2 is 1.88 bits per heavy atom. The van der Waals surface area contributed by atoms with Gasteiger partial charge in [-0.05, 0) is 43.0 Å². The summed E-state index contributed by atoms with van der Waals surface area (Å²) in [6, 6.07) is 12.5. The number of likely N-dealkylation sites (tertiary alicyclic amines) is 1. The van der Waals surface area contributed by atoms with Crippen molar-refractivity contribution in [2.45, 2.75) is 25.4 Å². The van der Waals surface area contributed by atoms with E-state index >= 15 is 0 Å². The molecular weight excluding hydrogens is 419 g/mol. The number of aromatic amines is 1. The minimum Gasteiger partial charge on any atom is -0.396 e. The molecule has 0 aliphatic carbocycles. The Morgan fingerprint density at radius 1 is 1.12 bits per heavy atom. The first kappa shape index (κ1) is 22.1. The molecular formula is C24H24F3N3O2. The lowest BCUT2D eigenvalue weighted by Crippen LogP contribution is -2.45. The van der Waals surface area contributed by atoms with Crippen LogP contribution >= 0.6 is 0 Å². The molecule has 1 aliphatic rings. The monoisotopic (exact) mass is 443 g/mol. The van der Waals surface area contributed by atoms with Gasteiger partial charge in [0.05, 0.1) is 5.56 Å². The van der Waals surface area contributed by atoms with E-state index in [4.69, 9.17) is 0 Å². The second kappa shape index (κ2) is 8.78. The van der Waals surface area contributed by atoms with Gasteiger partial charge < -0.3 is 15.0 Å². The fourth-order valence-corrected chi connectivity index (χ4v) is 4.27. The van der Waals surface area contributed by atoms with Gasteiger partial charge in [0, 0.05) is 48.6 Å². The number of nitrogens with zero attached hydrogens (tertiary/aromatic N) is 2. The molecule has 2 heterocycles. The quantitative estimate of drug-likeness (QED) is 0.608. The number of aromatic nitrogens is 2. The zero-order chi connectivity index (χ0) is 22.8. The molecule has 0 radical (unpaired) electrons. The van der Waals surface area contributed by atoms with E-state index < -0.39 is 17.2 Å². The van der Waals surface area contributed by atoms with Gasteiger partial charge in [0.1, 0.15) is 5.82 Å². The highest BCUT2D eigenvalue weighted by atomic mass is 19.4. The molecule has 8 heteroatoms. The molecule has 0 unspecified atom stereocenters. The van der Waals surface area contributed by atoms with Crippen molar-refractivity contribution in [2.24, 2.45) is 5.41 Å². The van der Waals surface area contributed by atoms with Crippen LogP contribution in [0.3, 0.4) is 0 Å². The Kier molecular flexibility index (Phi) is 6.06. The summed E-state index contributed by atoms with van der Waals surface area (Å²) in [5.74, 6) is 0.572. The molecule has 168 valence electrons. The molecule has 32 heavy (non-hydrogen) atoms. The number of imidazole rings is 1. The number of nitrogens with one attached hydrogen (secondary N) is 1. The summed E-state index contributed by atoms with van der Waals surface area (Å²) >= 11 is 0. The molecule has 1 saturated heterocycles. The van der Waals surface area contributed by atoms with E-state index in [0.717, 1.165) is 17.7 Å². The van der Waals surface area contributed by atoms with Crippen molar-refractivity contribution in [2.75, 3.05) is 19.7 Å². The molecule has 1 fully saturated rings. The average Bonchev–Trinajstić information content (AvgIpc) is 3.34. The topological polar surface area (TPSA) is 69.2 Å². The number of hydrogen-bond acceptors (Lipinski definition) is 3.